The number of likely N-dealkylation sites (tertiary alicyclic amines) is 1. The number of hydrogen-bond acceptors (Lipinski definition) is 3. The molecule has 1 aliphatic carbocycles. The molecule has 0 bridgehead atoms. The number of carbonyl (C=O) groups is 1. The summed E-state index contributed by atoms with van der Waals surface area (Å²) in [5.74, 6) is -0.431. The fraction of sp³-hybridized carbons (Fsp3) is 0.941. The van der Waals surface area contributed by atoms with Gasteiger partial charge in [-0.25, -0.2) is 0 Å². The minimum Gasteiger partial charge on any atom is -0.481 e. The van der Waals surface area contributed by atoms with Crippen LogP contribution in [0.3, 0.4) is 0 Å². The highest BCUT2D eigenvalue weighted by molar-refractivity contribution is 5.71. The number of hydrogen-bond donors (Lipinski definition) is 2. The van der Waals surface area contributed by atoms with Gasteiger partial charge in [-0.3, -0.25) is 4.79 Å². The summed E-state index contributed by atoms with van der Waals surface area (Å²) in [6.07, 6.45) is 5.85. The van der Waals surface area contributed by atoms with Crippen LogP contribution in [0.25, 0.3) is 0 Å². The Morgan fingerprint density at radius 3 is 2.52 bits per heavy atom. The zero-order valence-electron chi connectivity index (χ0n) is 13.9. The quantitative estimate of drug-likeness (QED) is 0.819. The smallest absolute Gasteiger partial charge is 0.307 e. The van der Waals surface area contributed by atoms with Crippen LogP contribution in [0.5, 0.6) is 0 Å². The first kappa shape index (κ1) is 16.8. The Balaban J connectivity index is 1.80. The van der Waals surface area contributed by atoms with Gasteiger partial charge in [0, 0.05) is 19.1 Å². The van der Waals surface area contributed by atoms with Gasteiger partial charge in [0.05, 0.1) is 5.92 Å². The minimum atomic E-state index is -0.626. The van der Waals surface area contributed by atoms with E-state index in [2.05, 4.69) is 31.0 Å². The molecule has 1 saturated carbocycles. The molecule has 2 aliphatic rings. The van der Waals surface area contributed by atoms with Crippen molar-refractivity contribution in [1.29, 1.82) is 0 Å². The number of piperidine rings is 1. The number of nitrogens with one attached hydrogen (secondary N) is 1. The second-order valence-electron chi connectivity index (χ2n) is 7.54. The van der Waals surface area contributed by atoms with Gasteiger partial charge in [0.15, 0.2) is 0 Å². The molecule has 4 heteroatoms. The van der Waals surface area contributed by atoms with Crippen molar-refractivity contribution in [3.63, 3.8) is 0 Å². The van der Waals surface area contributed by atoms with Gasteiger partial charge in [-0.2, -0.15) is 0 Å². The van der Waals surface area contributed by atoms with Gasteiger partial charge in [-0.05, 0) is 50.1 Å². The molecule has 0 amide bonds. The Morgan fingerprint density at radius 2 is 1.90 bits per heavy atom. The maximum atomic E-state index is 11.4. The first-order valence-corrected chi connectivity index (χ1v) is 8.61. The third-order valence-electron chi connectivity index (χ3n) is 6.02. The Labute approximate surface area is 129 Å². The summed E-state index contributed by atoms with van der Waals surface area (Å²) >= 11 is 0. The molecule has 4 nitrogen and oxygen atoms in total. The molecule has 3 atom stereocenters. The monoisotopic (exact) mass is 296 g/mol. The van der Waals surface area contributed by atoms with E-state index >= 15 is 0 Å². The average molecular weight is 296 g/mol. The lowest BCUT2D eigenvalue weighted by Gasteiger charge is -2.46. The molecule has 2 fully saturated rings. The van der Waals surface area contributed by atoms with Gasteiger partial charge in [0.1, 0.15) is 0 Å². The standard InChI is InChI=1S/C17H32N2O2/c1-13-15(8-7-14(16(20)21)17(13,2)3)18-9-12-19-10-5-4-6-11-19/h13-15,18H,4-12H2,1-3H3,(H,20,21). The summed E-state index contributed by atoms with van der Waals surface area (Å²) < 4.78 is 0. The minimum absolute atomic E-state index is 0.132. The van der Waals surface area contributed by atoms with Crippen LogP contribution >= 0.6 is 0 Å². The van der Waals surface area contributed by atoms with Crippen molar-refractivity contribution in [2.24, 2.45) is 17.3 Å². The van der Waals surface area contributed by atoms with Gasteiger partial charge < -0.3 is 15.3 Å². The van der Waals surface area contributed by atoms with Crippen LogP contribution in [0.15, 0.2) is 0 Å². The lowest BCUT2D eigenvalue weighted by molar-refractivity contribution is -0.150. The predicted octanol–water partition coefficient (Wildman–Crippen LogP) is 2.59. The fourth-order valence-electron chi connectivity index (χ4n) is 4.12. The van der Waals surface area contributed by atoms with Gasteiger partial charge in [-0.15, -0.1) is 0 Å². The van der Waals surface area contributed by atoms with Gasteiger partial charge >= 0.3 is 5.97 Å². The van der Waals surface area contributed by atoms with Gasteiger partial charge in [0.25, 0.3) is 0 Å². The molecule has 21 heavy (non-hydrogen) atoms. The van der Waals surface area contributed by atoms with Crippen LogP contribution in [0.4, 0.5) is 0 Å². The van der Waals surface area contributed by atoms with Crippen molar-refractivity contribution < 1.29 is 9.90 Å². The topological polar surface area (TPSA) is 52.6 Å². The molecule has 0 spiro atoms. The summed E-state index contributed by atoms with van der Waals surface area (Å²) in [5.41, 5.74) is -0.132. The molecule has 0 radical (unpaired) electrons. The van der Waals surface area contributed by atoms with Crippen LogP contribution < -0.4 is 5.32 Å². The Kier molecular flexibility index (Phi) is 5.67. The van der Waals surface area contributed by atoms with Crippen molar-refractivity contribution >= 4 is 5.97 Å². The molecular weight excluding hydrogens is 264 g/mol. The lowest BCUT2D eigenvalue weighted by atomic mass is 9.61. The number of carboxylic acids is 1. The molecule has 0 aromatic rings. The largest absolute Gasteiger partial charge is 0.481 e. The molecule has 1 heterocycles. The molecule has 1 saturated heterocycles. The molecule has 1 aliphatic heterocycles. The van der Waals surface area contributed by atoms with Crippen LogP contribution in [0.2, 0.25) is 0 Å². The Morgan fingerprint density at radius 1 is 1.24 bits per heavy atom. The first-order valence-electron chi connectivity index (χ1n) is 8.61. The van der Waals surface area contributed by atoms with E-state index in [1.807, 2.05) is 0 Å². The van der Waals surface area contributed by atoms with E-state index in [-0.39, 0.29) is 11.3 Å². The van der Waals surface area contributed by atoms with Crippen molar-refractivity contribution in [1.82, 2.24) is 10.2 Å². The zero-order chi connectivity index (χ0) is 15.5. The molecule has 122 valence electrons. The molecule has 0 aromatic carbocycles. The SMILES string of the molecule is CC1C(NCCN2CCCCC2)CCC(C(=O)O)C1(C)C. The summed E-state index contributed by atoms with van der Waals surface area (Å²) in [7, 11) is 0. The molecular formula is C17H32N2O2. The van der Waals surface area contributed by atoms with Crippen LogP contribution in [0, 0.1) is 17.3 Å². The molecule has 2 rings (SSSR count). The molecule has 3 unspecified atom stereocenters. The molecule has 0 aromatic heterocycles. The summed E-state index contributed by atoms with van der Waals surface area (Å²) in [6, 6.07) is 0.459. The second kappa shape index (κ2) is 7.10. The van der Waals surface area contributed by atoms with E-state index in [4.69, 9.17) is 0 Å². The van der Waals surface area contributed by atoms with E-state index < -0.39 is 5.97 Å². The van der Waals surface area contributed by atoms with E-state index in [1.54, 1.807) is 0 Å². The molecule has 2 N–H and O–H groups in total. The van der Waals surface area contributed by atoms with Crippen molar-refractivity contribution in [3.05, 3.63) is 0 Å². The Bertz CT molecular complexity index is 351. The highest BCUT2D eigenvalue weighted by Crippen LogP contribution is 2.44. The van der Waals surface area contributed by atoms with Crippen molar-refractivity contribution in [2.45, 2.75) is 58.9 Å². The van der Waals surface area contributed by atoms with Crippen molar-refractivity contribution in [3.8, 4) is 0 Å². The summed E-state index contributed by atoms with van der Waals surface area (Å²) in [6.45, 7) is 11.1. The van der Waals surface area contributed by atoms with Gasteiger partial charge in [-0.1, -0.05) is 27.2 Å². The summed E-state index contributed by atoms with van der Waals surface area (Å²) in [4.78, 5) is 14.0. The van der Waals surface area contributed by atoms with Crippen molar-refractivity contribution in [2.75, 3.05) is 26.2 Å². The maximum Gasteiger partial charge on any atom is 0.307 e. The first-order chi connectivity index (χ1) is 9.93. The van der Waals surface area contributed by atoms with Crippen LogP contribution in [-0.4, -0.2) is 48.2 Å². The normalized spacial score (nSPS) is 33.8. The third kappa shape index (κ3) is 3.98. The number of aliphatic carboxylic acids is 1. The average Bonchev–Trinajstić information content (AvgIpc) is 2.44. The fourth-order valence-corrected chi connectivity index (χ4v) is 4.12. The highest BCUT2D eigenvalue weighted by Gasteiger charge is 2.45. The van der Waals surface area contributed by atoms with E-state index in [9.17, 15) is 9.90 Å². The van der Waals surface area contributed by atoms with E-state index in [1.165, 1.54) is 32.4 Å². The zero-order valence-corrected chi connectivity index (χ0v) is 13.9. The number of rotatable bonds is 5. The van der Waals surface area contributed by atoms with Crippen LogP contribution in [-0.2, 0) is 4.79 Å². The van der Waals surface area contributed by atoms with Crippen LogP contribution in [0.1, 0.15) is 52.9 Å². The Hall–Kier alpha value is -0.610. The lowest BCUT2D eigenvalue weighted by Crippen LogP contribution is -2.52. The number of nitrogens with zero attached hydrogens (tertiary/aromatic N) is 1. The third-order valence-corrected chi connectivity index (χ3v) is 6.02. The van der Waals surface area contributed by atoms with E-state index in [0.717, 1.165) is 25.9 Å². The van der Waals surface area contributed by atoms with Gasteiger partial charge in [0.2, 0.25) is 0 Å². The van der Waals surface area contributed by atoms with E-state index in [0.29, 0.717) is 12.0 Å². The second-order valence-corrected chi connectivity index (χ2v) is 7.54. The number of carboxylic acid groups (broad SMARTS) is 1. The predicted molar refractivity (Wildman–Crippen MR) is 85.4 cm³/mol. The maximum absolute atomic E-state index is 11.4. The highest BCUT2D eigenvalue weighted by atomic mass is 16.4. The summed E-state index contributed by atoms with van der Waals surface area (Å²) in [5, 5.41) is 13.1.